The van der Waals surface area contributed by atoms with Gasteiger partial charge in [-0.15, -0.1) is 0 Å². The molecule has 10 nitrogen and oxygen atoms in total. The summed E-state index contributed by atoms with van der Waals surface area (Å²) in [5.41, 5.74) is 2.39. The molecular weight excluding hydrogens is 501 g/mol. The minimum absolute atomic E-state index is 0.171. The van der Waals surface area contributed by atoms with E-state index in [0.29, 0.717) is 28.2 Å². The summed E-state index contributed by atoms with van der Waals surface area (Å²) >= 11 is 0. The monoisotopic (exact) mass is 535 g/mol. The van der Waals surface area contributed by atoms with Crippen LogP contribution in [0.25, 0.3) is 21.8 Å². The van der Waals surface area contributed by atoms with E-state index >= 15 is 0 Å². The summed E-state index contributed by atoms with van der Waals surface area (Å²) in [5.74, 6) is -0.899. The predicted molar refractivity (Wildman–Crippen MR) is 149 cm³/mol. The number of aryl methyl sites for hydroxylation is 1. The molecule has 0 aliphatic carbocycles. The zero-order valence-electron chi connectivity index (χ0n) is 22.5. The molecule has 2 saturated heterocycles. The number of nitrogens with one attached hydrogen (secondary N) is 2. The highest BCUT2D eigenvalue weighted by Gasteiger charge is 2.22. The van der Waals surface area contributed by atoms with E-state index in [1.807, 2.05) is 6.07 Å². The summed E-state index contributed by atoms with van der Waals surface area (Å²) in [6.45, 7) is 6.66. The Hall–Kier alpha value is -3.83. The second kappa shape index (κ2) is 11.9. The number of hydrogen-bond acceptors (Lipinski definition) is 8. The van der Waals surface area contributed by atoms with Gasteiger partial charge in [-0.25, -0.2) is 9.37 Å². The van der Waals surface area contributed by atoms with Crippen LogP contribution in [0.3, 0.4) is 0 Å². The highest BCUT2D eigenvalue weighted by Crippen LogP contribution is 2.31. The van der Waals surface area contributed by atoms with E-state index in [2.05, 4.69) is 37.5 Å². The second-order valence-corrected chi connectivity index (χ2v) is 9.88. The largest absolute Gasteiger partial charge is 0.467 e. The maximum Gasteiger partial charge on any atom is 0.316 e. The molecule has 2 aromatic carbocycles. The SMILES string of the molecule is C1CCOCC1.COc1ncc2c(N3CCNC(C)C3)ccc(C(=O)Nc3cc(F)c4nn(C)cc4c3)c2n1. The number of ether oxygens (including phenoxy) is 2. The second-order valence-electron chi connectivity index (χ2n) is 9.88. The lowest BCUT2D eigenvalue weighted by molar-refractivity contribution is 0.0968. The van der Waals surface area contributed by atoms with Crippen molar-refractivity contribution in [1.29, 1.82) is 0 Å². The molecule has 39 heavy (non-hydrogen) atoms. The van der Waals surface area contributed by atoms with Crippen LogP contribution >= 0.6 is 0 Å². The molecule has 2 aliphatic rings. The van der Waals surface area contributed by atoms with E-state index in [4.69, 9.17) is 9.47 Å². The normalized spacial score (nSPS) is 17.5. The van der Waals surface area contributed by atoms with Gasteiger partial charge in [0, 0.05) is 80.5 Å². The summed E-state index contributed by atoms with van der Waals surface area (Å²) in [6.07, 6.45) is 7.31. The number of amides is 1. The van der Waals surface area contributed by atoms with Gasteiger partial charge in [-0.2, -0.15) is 10.1 Å². The van der Waals surface area contributed by atoms with Gasteiger partial charge in [-0.05, 0) is 50.5 Å². The number of rotatable bonds is 4. The molecule has 6 rings (SSSR count). The van der Waals surface area contributed by atoms with E-state index in [0.717, 1.165) is 43.9 Å². The van der Waals surface area contributed by atoms with Crippen LogP contribution in [-0.2, 0) is 11.8 Å². The van der Waals surface area contributed by atoms with Gasteiger partial charge in [0.15, 0.2) is 5.82 Å². The Morgan fingerprint density at radius 3 is 2.72 bits per heavy atom. The first kappa shape index (κ1) is 26.8. The number of carbonyl (C=O) groups excluding carboxylic acids is 1. The van der Waals surface area contributed by atoms with Gasteiger partial charge in [0.05, 0.1) is 18.2 Å². The summed E-state index contributed by atoms with van der Waals surface area (Å²) in [6, 6.07) is 7.12. The fraction of sp³-hybridized carbons (Fsp3) is 0.429. The molecular formula is C28H34FN7O3. The summed E-state index contributed by atoms with van der Waals surface area (Å²) < 4.78 is 26.3. The minimum atomic E-state index is -0.500. The maximum atomic E-state index is 14.5. The van der Waals surface area contributed by atoms with Gasteiger partial charge in [0.1, 0.15) is 5.52 Å². The van der Waals surface area contributed by atoms with E-state index in [1.54, 1.807) is 31.6 Å². The molecule has 0 saturated carbocycles. The fourth-order valence-electron chi connectivity index (χ4n) is 4.97. The number of carbonyl (C=O) groups is 1. The zero-order chi connectivity index (χ0) is 27.4. The van der Waals surface area contributed by atoms with Crippen molar-refractivity contribution < 1.29 is 18.7 Å². The van der Waals surface area contributed by atoms with Crippen molar-refractivity contribution in [1.82, 2.24) is 25.1 Å². The van der Waals surface area contributed by atoms with Crippen molar-refractivity contribution in [2.24, 2.45) is 7.05 Å². The Bertz CT molecular complexity index is 1460. The minimum Gasteiger partial charge on any atom is -0.467 e. The average Bonchev–Trinajstić information content (AvgIpc) is 3.34. The van der Waals surface area contributed by atoms with Crippen LogP contribution in [-0.4, -0.2) is 71.7 Å². The van der Waals surface area contributed by atoms with Gasteiger partial charge in [0.2, 0.25) is 0 Å². The number of methoxy groups -OCH3 is 1. The molecule has 1 unspecified atom stereocenters. The van der Waals surface area contributed by atoms with Gasteiger partial charge in [0.25, 0.3) is 5.91 Å². The molecule has 4 heterocycles. The number of benzene rings is 2. The lowest BCUT2D eigenvalue weighted by Crippen LogP contribution is -2.49. The average molecular weight is 536 g/mol. The third-order valence-electron chi connectivity index (χ3n) is 6.85. The molecule has 1 atom stereocenters. The van der Waals surface area contributed by atoms with Gasteiger partial charge >= 0.3 is 6.01 Å². The van der Waals surface area contributed by atoms with Crippen molar-refractivity contribution >= 4 is 39.1 Å². The molecule has 4 aromatic rings. The summed E-state index contributed by atoms with van der Waals surface area (Å²) in [4.78, 5) is 24.2. The standard InChI is InChI=1S/C23H24FN7O2.C5H10O/c1-13-11-31(7-6-25-13)19-5-4-16(21-17(19)10-26-23(28-21)33-3)22(32)27-15-8-14-12-30(2)29-20(14)18(24)9-15;1-2-4-6-5-3-1/h4-5,8-10,12-13,25H,6-7,11H2,1-3H3,(H,27,32);1-5H2. The molecule has 2 fully saturated rings. The highest BCUT2D eigenvalue weighted by atomic mass is 19.1. The van der Waals surface area contributed by atoms with Gasteiger partial charge in [-0.1, -0.05) is 0 Å². The third-order valence-corrected chi connectivity index (χ3v) is 6.85. The van der Waals surface area contributed by atoms with E-state index < -0.39 is 11.7 Å². The van der Waals surface area contributed by atoms with Gasteiger partial charge < -0.3 is 25.0 Å². The van der Waals surface area contributed by atoms with Crippen LogP contribution in [0.15, 0.2) is 36.7 Å². The molecule has 2 aliphatic heterocycles. The molecule has 1 amide bonds. The highest BCUT2D eigenvalue weighted by molar-refractivity contribution is 6.14. The molecule has 0 spiro atoms. The predicted octanol–water partition coefficient (Wildman–Crippen LogP) is 3.90. The molecule has 0 bridgehead atoms. The quantitative estimate of drug-likeness (QED) is 0.405. The smallest absolute Gasteiger partial charge is 0.316 e. The summed E-state index contributed by atoms with van der Waals surface area (Å²) in [7, 11) is 3.20. The lowest BCUT2D eigenvalue weighted by atomic mass is 10.1. The number of halogens is 1. The van der Waals surface area contributed by atoms with E-state index in [-0.39, 0.29) is 11.5 Å². The Morgan fingerprint density at radius 2 is 2.03 bits per heavy atom. The van der Waals surface area contributed by atoms with Crippen LogP contribution in [0, 0.1) is 5.82 Å². The van der Waals surface area contributed by atoms with Crippen molar-refractivity contribution in [2.75, 3.05) is 50.2 Å². The number of aromatic nitrogens is 4. The van der Waals surface area contributed by atoms with Crippen LogP contribution < -0.4 is 20.3 Å². The van der Waals surface area contributed by atoms with Crippen LogP contribution in [0.5, 0.6) is 6.01 Å². The van der Waals surface area contributed by atoms with Crippen LogP contribution in [0.4, 0.5) is 15.8 Å². The van der Waals surface area contributed by atoms with Crippen LogP contribution in [0.2, 0.25) is 0 Å². The number of hydrogen-bond donors (Lipinski definition) is 2. The fourth-order valence-corrected chi connectivity index (χ4v) is 4.97. The Labute approximate surface area is 226 Å². The Balaban J connectivity index is 0.000000455. The Kier molecular flexibility index (Phi) is 8.18. The third kappa shape index (κ3) is 6.10. The first-order chi connectivity index (χ1) is 18.9. The van der Waals surface area contributed by atoms with E-state index in [1.165, 1.54) is 37.1 Å². The zero-order valence-corrected chi connectivity index (χ0v) is 22.5. The van der Waals surface area contributed by atoms with Crippen molar-refractivity contribution in [3.8, 4) is 6.01 Å². The van der Waals surface area contributed by atoms with E-state index in [9.17, 15) is 9.18 Å². The maximum absolute atomic E-state index is 14.5. The van der Waals surface area contributed by atoms with Crippen molar-refractivity contribution in [3.63, 3.8) is 0 Å². The number of piperazine rings is 1. The first-order valence-electron chi connectivity index (χ1n) is 13.3. The topological polar surface area (TPSA) is 106 Å². The van der Waals surface area contributed by atoms with Crippen LogP contribution in [0.1, 0.15) is 36.5 Å². The first-order valence-corrected chi connectivity index (χ1v) is 13.3. The van der Waals surface area contributed by atoms with Crippen molar-refractivity contribution in [2.45, 2.75) is 32.2 Å². The number of anilines is 2. The molecule has 0 radical (unpaired) electrons. The molecule has 11 heteroatoms. The Morgan fingerprint density at radius 1 is 1.21 bits per heavy atom. The lowest BCUT2D eigenvalue weighted by Gasteiger charge is -2.34. The summed E-state index contributed by atoms with van der Waals surface area (Å²) in [5, 5.41) is 11.7. The van der Waals surface area contributed by atoms with Gasteiger partial charge in [-0.3, -0.25) is 9.48 Å². The molecule has 2 aromatic heterocycles. The number of fused-ring (bicyclic) bond motifs is 2. The number of nitrogens with zero attached hydrogens (tertiary/aromatic N) is 5. The molecule has 206 valence electrons. The van der Waals surface area contributed by atoms with Crippen molar-refractivity contribution in [3.05, 3.63) is 48.0 Å². The molecule has 2 N–H and O–H groups in total.